The normalized spacial score (nSPS) is 19.8. The molecule has 0 aromatic heterocycles. The van der Waals surface area contributed by atoms with Crippen molar-refractivity contribution in [2.45, 2.75) is 39.7 Å². The molecule has 0 fully saturated rings. The first-order chi connectivity index (χ1) is 8.24. The lowest BCUT2D eigenvalue weighted by Gasteiger charge is -2.21. The van der Waals surface area contributed by atoms with Crippen LogP contribution in [-0.4, -0.2) is 19.8 Å². The van der Waals surface area contributed by atoms with Crippen molar-refractivity contribution in [3.8, 4) is 0 Å². The number of ether oxygens (including phenoxy) is 1. The molecule has 94 valence electrons. The SMILES string of the molecule is CCCNC1COCCc2c(C)ccc(C)c21. The minimum absolute atomic E-state index is 0.368. The smallest absolute Gasteiger partial charge is 0.0661 e. The van der Waals surface area contributed by atoms with Crippen LogP contribution in [0.3, 0.4) is 0 Å². The van der Waals surface area contributed by atoms with Gasteiger partial charge in [0.05, 0.1) is 19.3 Å². The summed E-state index contributed by atoms with van der Waals surface area (Å²) in [4.78, 5) is 0. The highest BCUT2D eigenvalue weighted by molar-refractivity contribution is 5.42. The van der Waals surface area contributed by atoms with Crippen molar-refractivity contribution < 1.29 is 4.74 Å². The summed E-state index contributed by atoms with van der Waals surface area (Å²) >= 11 is 0. The lowest BCUT2D eigenvalue weighted by atomic mass is 9.91. The molecule has 17 heavy (non-hydrogen) atoms. The molecule has 0 spiro atoms. The molecule has 1 N–H and O–H groups in total. The Hall–Kier alpha value is -0.860. The van der Waals surface area contributed by atoms with Crippen LogP contribution in [0.25, 0.3) is 0 Å². The summed E-state index contributed by atoms with van der Waals surface area (Å²) in [6.45, 7) is 9.33. The Bertz CT molecular complexity index is 387. The van der Waals surface area contributed by atoms with Gasteiger partial charge in [0.2, 0.25) is 0 Å². The highest BCUT2D eigenvalue weighted by atomic mass is 16.5. The topological polar surface area (TPSA) is 21.3 Å². The molecule has 1 aromatic carbocycles. The molecular weight excluding hydrogens is 210 g/mol. The number of nitrogens with one attached hydrogen (secondary N) is 1. The fourth-order valence-electron chi connectivity index (χ4n) is 2.65. The van der Waals surface area contributed by atoms with E-state index in [2.05, 4.69) is 38.2 Å². The van der Waals surface area contributed by atoms with Crippen LogP contribution in [0.15, 0.2) is 12.1 Å². The van der Waals surface area contributed by atoms with Crippen molar-refractivity contribution >= 4 is 0 Å². The molecule has 0 amide bonds. The van der Waals surface area contributed by atoms with Crippen LogP contribution in [0.4, 0.5) is 0 Å². The van der Waals surface area contributed by atoms with Crippen LogP contribution >= 0.6 is 0 Å². The second-order valence-corrected chi connectivity index (χ2v) is 4.92. The third kappa shape index (κ3) is 2.70. The van der Waals surface area contributed by atoms with Gasteiger partial charge < -0.3 is 10.1 Å². The van der Waals surface area contributed by atoms with E-state index in [4.69, 9.17) is 4.74 Å². The maximum atomic E-state index is 5.73. The zero-order valence-corrected chi connectivity index (χ0v) is 11.2. The average Bonchev–Trinajstić information content (AvgIpc) is 2.54. The summed E-state index contributed by atoms with van der Waals surface area (Å²) in [7, 11) is 0. The van der Waals surface area contributed by atoms with E-state index in [0.29, 0.717) is 6.04 Å². The molecule has 0 radical (unpaired) electrons. The number of hydrogen-bond donors (Lipinski definition) is 1. The van der Waals surface area contributed by atoms with Gasteiger partial charge in [0.25, 0.3) is 0 Å². The highest BCUT2D eigenvalue weighted by Crippen LogP contribution is 2.28. The van der Waals surface area contributed by atoms with E-state index in [1.807, 2.05) is 0 Å². The van der Waals surface area contributed by atoms with Gasteiger partial charge in [-0.05, 0) is 55.5 Å². The molecule has 0 saturated carbocycles. The maximum absolute atomic E-state index is 5.73. The van der Waals surface area contributed by atoms with E-state index in [9.17, 15) is 0 Å². The van der Waals surface area contributed by atoms with E-state index < -0.39 is 0 Å². The van der Waals surface area contributed by atoms with E-state index in [1.54, 1.807) is 0 Å². The van der Waals surface area contributed by atoms with Gasteiger partial charge >= 0.3 is 0 Å². The third-order valence-electron chi connectivity index (χ3n) is 3.58. The summed E-state index contributed by atoms with van der Waals surface area (Å²) in [5.74, 6) is 0. The van der Waals surface area contributed by atoms with Crippen LogP contribution in [0.5, 0.6) is 0 Å². The molecule has 1 aromatic rings. The van der Waals surface area contributed by atoms with Gasteiger partial charge in [-0.2, -0.15) is 0 Å². The second kappa shape index (κ2) is 5.65. The summed E-state index contributed by atoms with van der Waals surface area (Å²) in [5, 5.41) is 3.61. The van der Waals surface area contributed by atoms with E-state index >= 15 is 0 Å². The largest absolute Gasteiger partial charge is 0.379 e. The average molecular weight is 233 g/mol. The third-order valence-corrected chi connectivity index (χ3v) is 3.58. The molecule has 1 heterocycles. The summed E-state index contributed by atoms with van der Waals surface area (Å²) in [6, 6.07) is 4.84. The van der Waals surface area contributed by atoms with E-state index in [1.165, 1.54) is 22.3 Å². The molecule has 2 heteroatoms. The minimum atomic E-state index is 0.368. The zero-order valence-electron chi connectivity index (χ0n) is 11.2. The molecule has 1 atom stereocenters. The van der Waals surface area contributed by atoms with Gasteiger partial charge in [-0.15, -0.1) is 0 Å². The molecule has 0 saturated heterocycles. The van der Waals surface area contributed by atoms with Gasteiger partial charge in [0.15, 0.2) is 0 Å². The zero-order chi connectivity index (χ0) is 12.3. The Morgan fingerprint density at radius 3 is 2.82 bits per heavy atom. The predicted octanol–water partition coefficient (Wildman–Crippen LogP) is 2.92. The fourth-order valence-corrected chi connectivity index (χ4v) is 2.65. The van der Waals surface area contributed by atoms with Crippen molar-refractivity contribution in [2.75, 3.05) is 19.8 Å². The first-order valence-electron chi connectivity index (χ1n) is 6.64. The van der Waals surface area contributed by atoms with Crippen molar-refractivity contribution in [3.05, 3.63) is 34.4 Å². The first-order valence-corrected chi connectivity index (χ1v) is 6.64. The number of aryl methyl sites for hydroxylation is 2. The lowest BCUT2D eigenvalue weighted by molar-refractivity contribution is 0.121. The summed E-state index contributed by atoms with van der Waals surface area (Å²) in [6.07, 6.45) is 2.21. The van der Waals surface area contributed by atoms with Gasteiger partial charge in [0.1, 0.15) is 0 Å². The van der Waals surface area contributed by atoms with Crippen LogP contribution in [0, 0.1) is 13.8 Å². The monoisotopic (exact) mass is 233 g/mol. The van der Waals surface area contributed by atoms with Gasteiger partial charge in [-0.25, -0.2) is 0 Å². The Morgan fingerprint density at radius 2 is 2.06 bits per heavy atom. The quantitative estimate of drug-likeness (QED) is 0.866. The van der Waals surface area contributed by atoms with Gasteiger partial charge in [0, 0.05) is 0 Å². The fraction of sp³-hybridized carbons (Fsp3) is 0.600. The molecule has 2 rings (SSSR count). The van der Waals surface area contributed by atoms with E-state index in [-0.39, 0.29) is 0 Å². The van der Waals surface area contributed by atoms with Gasteiger partial charge in [-0.3, -0.25) is 0 Å². The maximum Gasteiger partial charge on any atom is 0.0661 e. The summed E-state index contributed by atoms with van der Waals surface area (Å²) < 4.78 is 5.73. The number of hydrogen-bond acceptors (Lipinski definition) is 2. The van der Waals surface area contributed by atoms with Crippen LogP contribution < -0.4 is 5.32 Å². The van der Waals surface area contributed by atoms with E-state index in [0.717, 1.165) is 32.6 Å². The van der Waals surface area contributed by atoms with Crippen molar-refractivity contribution in [1.29, 1.82) is 0 Å². The molecule has 2 nitrogen and oxygen atoms in total. The minimum Gasteiger partial charge on any atom is -0.379 e. The highest BCUT2D eigenvalue weighted by Gasteiger charge is 2.21. The molecule has 1 unspecified atom stereocenters. The molecule has 0 aliphatic carbocycles. The second-order valence-electron chi connectivity index (χ2n) is 4.92. The first kappa shape index (κ1) is 12.6. The molecule has 1 aliphatic rings. The number of rotatable bonds is 3. The predicted molar refractivity (Wildman–Crippen MR) is 71.5 cm³/mol. The van der Waals surface area contributed by atoms with Gasteiger partial charge in [-0.1, -0.05) is 19.1 Å². The Kier molecular flexibility index (Phi) is 4.19. The Labute approximate surface area is 104 Å². The van der Waals surface area contributed by atoms with Crippen LogP contribution in [0.2, 0.25) is 0 Å². The molecule has 1 aliphatic heterocycles. The number of fused-ring (bicyclic) bond motifs is 1. The Balaban J connectivity index is 2.36. The van der Waals surface area contributed by atoms with Crippen molar-refractivity contribution in [2.24, 2.45) is 0 Å². The standard InChI is InChI=1S/C15H23NO/c1-4-8-16-14-10-17-9-7-13-11(2)5-6-12(3)15(13)14/h5-6,14,16H,4,7-10H2,1-3H3. The number of benzene rings is 1. The van der Waals surface area contributed by atoms with Crippen molar-refractivity contribution in [1.82, 2.24) is 5.32 Å². The Morgan fingerprint density at radius 1 is 1.29 bits per heavy atom. The lowest BCUT2D eigenvalue weighted by Crippen LogP contribution is -2.26. The van der Waals surface area contributed by atoms with Crippen molar-refractivity contribution in [3.63, 3.8) is 0 Å². The van der Waals surface area contributed by atoms with Crippen LogP contribution in [0.1, 0.15) is 41.6 Å². The summed E-state index contributed by atoms with van der Waals surface area (Å²) in [5.41, 5.74) is 5.77. The van der Waals surface area contributed by atoms with Crippen LogP contribution in [-0.2, 0) is 11.2 Å². The molecule has 0 bridgehead atoms. The molecular formula is C15H23NO.